The predicted molar refractivity (Wildman–Crippen MR) is 41.6 cm³/mol. The lowest BCUT2D eigenvalue weighted by Crippen LogP contribution is -2.33. The van der Waals surface area contributed by atoms with Gasteiger partial charge in [0.05, 0.1) is 6.04 Å². The van der Waals surface area contributed by atoms with Gasteiger partial charge in [-0.05, 0) is 12.2 Å². The smallest absolute Gasteiger partial charge is 0.331 e. The lowest BCUT2D eigenvalue weighted by atomic mass is 9.99. The molecule has 0 saturated carbocycles. The van der Waals surface area contributed by atoms with Gasteiger partial charge in [-0.1, -0.05) is 0 Å². The average Bonchev–Trinajstić information content (AvgIpc) is 2.49. The topological polar surface area (TPSA) is 73.4 Å². The minimum atomic E-state index is -0.848. The summed E-state index contributed by atoms with van der Waals surface area (Å²) in [4.78, 5) is 10.6. The van der Waals surface area contributed by atoms with Crippen LogP contribution in [0.3, 0.4) is 0 Å². The maximum absolute atomic E-state index is 10.6. The summed E-state index contributed by atoms with van der Waals surface area (Å²) in [6.45, 7) is 0. The van der Waals surface area contributed by atoms with E-state index in [4.69, 9.17) is 5.11 Å². The quantitative estimate of drug-likeness (QED) is 0.414. The molecule has 0 aromatic heterocycles. The number of carboxylic acids is 1. The number of aliphatic carboxylic acids is 1. The number of hydrogen-bond donors (Lipinski definition) is 4. The lowest BCUT2D eigenvalue weighted by molar-refractivity contribution is -0.132. The van der Waals surface area contributed by atoms with Gasteiger partial charge < -0.3 is 10.5 Å². The van der Waals surface area contributed by atoms with E-state index < -0.39 is 5.97 Å². The summed E-state index contributed by atoms with van der Waals surface area (Å²) in [7, 11) is 0. The zero-order chi connectivity index (χ0) is 8.55. The summed E-state index contributed by atoms with van der Waals surface area (Å²) < 4.78 is 0. The van der Waals surface area contributed by atoms with Crippen LogP contribution in [0.5, 0.6) is 0 Å². The molecule has 0 radical (unpaired) electrons. The highest BCUT2D eigenvalue weighted by Crippen LogP contribution is 2.18. The molecule has 1 aliphatic carbocycles. The van der Waals surface area contributed by atoms with Crippen molar-refractivity contribution in [2.24, 2.45) is 0 Å². The summed E-state index contributed by atoms with van der Waals surface area (Å²) in [5.41, 5.74) is 9.94. The zero-order valence-corrected chi connectivity index (χ0v) is 6.29. The molecule has 5 heteroatoms. The van der Waals surface area contributed by atoms with Gasteiger partial charge in [0.15, 0.2) is 0 Å². The Bertz CT molecular complexity index is 282. The van der Waals surface area contributed by atoms with Crippen molar-refractivity contribution in [3.63, 3.8) is 0 Å². The van der Waals surface area contributed by atoms with Crippen LogP contribution in [-0.2, 0) is 4.79 Å². The highest BCUT2D eigenvalue weighted by Gasteiger charge is 2.25. The van der Waals surface area contributed by atoms with E-state index >= 15 is 0 Å². The first kappa shape index (κ1) is 7.33. The van der Waals surface area contributed by atoms with Crippen LogP contribution >= 0.6 is 0 Å². The molecule has 0 aromatic rings. The molecule has 0 amide bonds. The highest BCUT2D eigenvalue weighted by molar-refractivity contribution is 5.87. The van der Waals surface area contributed by atoms with Gasteiger partial charge in [0, 0.05) is 17.7 Å². The van der Waals surface area contributed by atoms with Gasteiger partial charge in [0.1, 0.15) is 0 Å². The maximum Gasteiger partial charge on any atom is 0.331 e. The monoisotopic (exact) mass is 167 g/mol. The van der Waals surface area contributed by atoms with Gasteiger partial charge in [0.25, 0.3) is 0 Å². The largest absolute Gasteiger partial charge is 0.478 e. The second kappa shape index (κ2) is 2.62. The fraction of sp³-hybridized carbons (Fsp3) is 0.286. The summed E-state index contributed by atoms with van der Waals surface area (Å²) in [5, 5.41) is 8.69. The van der Waals surface area contributed by atoms with Gasteiger partial charge in [-0.25, -0.2) is 10.2 Å². The maximum atomic E-state index is 10.6. The van der Waals surface area contributed by atoms with Crippen LogP contribution in [0.2, 0.25) is 0 Å². The van der Waals surface area contributed by atoms with Gasteiger partial charge >= 0.3 is 5.97 Å². The molecular formula is C7H9N3O2. The Morgan fingerprint density at radius 2 is 2.42 bits per heavy atom. The van der Waals surface area contributed by atoms with Crippen LogP contribution < -0.4 is 16.4 Å². The van der Waals surface area contributed by atoms with E-state index in [9.17, 15) is 4.79 Å². The van der Waals surface area contributed by atoms with Gasteiger partial charge in [-0.15, -0.1) is 0 Å². The molecule has 64 valence electrons. The van der Waals surface area contributed by atoms with Crippen molar-refractivity contribution in [1.82, 2.24) is 16.4 Å². The van der Waals surface area contributed by atoms with Crippen molar-refractivity contribution in [3.05, 3.63) is 23.4 Å². The number of hydrogen-bond acceptors (Lipinski definition) is 4. The van der Waals surface area contributed by atoms with Gasteiger partial charge in [0.2, 0.25) is 0 Å². The molecular weight excluding hydrogens is 158 g/mol. The van der Waals surface area contributed by atoms with E-state index in [0.29, 0.717) is 12.0 Å². The number of rotatable bonds is 1. The molecule has 0 spiro atoms. The minimum Gasteiger partial charge on any atom is -0.478 e. The van der Waals surface area contributed by atoms with Crippen LogP contribution in [0.15, 0.2) is 23.4 Å². The Morgan fingerprint density at radius 3 is 3.17 bits per heavy atom. The van der Waals surface area contributed by atoms with Crippen LogP contribution in [-0.4, -0.2) is 17.1 Å². The van der Waals surface area contributed by atoms with E-state index in [1.165, 1.54) is 0 Å². The SMILES string of the molecule is O=C(O)C1=CC=C2NNNC2C1. The third-order valence-electron chi connectivity index (χ3n) is 1.99. The van der Waals surface area contributed by atoms with E-state index in [2.05, 4.69) is 16.4 Å². The van der Waals surface area contributed by atoms with E-state index in [1.807, 2.05) is 0 Å². The molecule has 1 atom stereocenters. The Kier molecular flexibility index (Phi) is 1.60. The summed E-state index contributed by atoms with van der Waals surface area (Å²) >= 11 is 0. The Hall–Kier alpha value is -1.33. The molecule has 4 N–H and O–H groups in total. The first-order valence-electron chi connectivity index (χ1n) is 3.68. The predicted octanol–water partition coefficient (Wildman–Crippen LogP) is -0.734. The number of carbonyl (C=O) groups is 1. The van der Waals surface area contributed by atoms with Crippen molar-refractivity contribution >= 4 is 5.97 Å². The standard InChI is InChI=1S/C7H9N3O2/c11-7(12)4-1-2-5-6(3-4)9-10-8-5/h1-2,6,8-10H,3H2,(H,11,12). The van der Waals surface area contributed by atoms with Crippen molar-refractivity contribution in [3.8, 4) is 0 Å². The zero-order valence-electron chi connectivity index (χ0n) is 6.29. The molecule has 0 aromatic carbocycles. The highest BCUT2D eigenvalue weighted by atomic mass is 16.4. The van der Waals surface area contributed by atoms with Crippen molar-refractivity contribution < 1.29 is 9.90 Å². The fourth-order valence-corrected chi connectivity index (χ4v) is 1.32. The molecule has 1 unspecified atom stereocenters. The molecule has 1 fully saturated rings. The number of allylic oxidation sites excluding steroid dienone is 2. The Morgan fingerprint density at radius 1 is 1.58 bits per heavy atom. The first-order chi connectivity index (χ1) is 5.77. The van der Waals surface area contributed by atoms with Crippen molar-refractivity contribution in [2.75, 3.05) is 0 Å². The second-order valence-corrected chi connectivity index (χ2v) is 2.77. The van der Waals surface area contributed by atoms with E-state index in [-0.39, 0.29) is 6.04 Å². The summed E-state index contributed by atoms with van der Waals surface area (Å²) in [5.74, 6) is -0.848. The third kappa shape index (κ3) is 1.09. The van der Waals surface area contributed by atoms with Gasteiger partial charge in [-0.3, -0.25) is 0 Å². The molecule has 1 aliphatic heterocycles. The van der Waals surface area contributed by atoms with E-state index in [1.54, 1.807) is 12.2 Å². The number of hydrazine groups is 2. The fourth-order valence-electron chi connectivity index (χ4n) is 1.32. The van der Waals surface area contributed by atoms with Crippen LogP contribution in [0.1, 0.15) is 6.42 Å². The average molecular weight is 167 g/mol. The van der Waals surface area contributed by atoms with Crippen molar-refractivity contribution in [1.29, 1.82) is 0 Å². The van der Waals surface area contributed by atoms with Crippen LogP contribution in [0.4, 0.5) is 0 Å². The van der Waals surface area contributed by atoms with E-state index in [0.717, 1.165) is 5.70 Å². The number of carboxylic acid groups (broad SMARTS) is 1. The Balaban J connectivity index is 2.20. The molecule has 1 heterocycles. The van der Waals surface area contributed by atoms with Crippen molar-refractivity contribution in [2.45, 2.75) is 12.5 Å². The Labute approximate surface area is 69.1 Å². The molecule has 12 heavy (non-hydrogen) atoms. The van der Waals surface area contributed by atoms with Crippen LogP contribution in [0.25, 0.3) is 0 Å². The normalized spacial score (nSPS) is 26.8. The molecule has 0 bridgehead atoms. The summed E-state index contributed by atoms with van der Waals surface area (Å²) in [6, 6.07) is 0.0705. The number of nitrogens with one attached hydrogen (secondary N) is 3. The molecule has 2 aliphatic rings. The third-order valence-corrected chi connectivity index (χ3v) is 1.99. The van der Waals surface area contributed by atoms with Crippen LogP contribution in [0, 0.1) is 0 Å². The first-order valence-corrected chi connectivity index (χ1v) is 3.68. The number of fused-ring (bicyclic) bond motifs is 1. The van der Waals surface area contributed by atoms with Gasteiger partial charge in [-0.2, -0.15) is 5.53 Å². The summed E-state index contributed by atoms with van der Waals surface area (Å²) in [6.07, 6.45) is 3.90. The molecule has 5 nitrogen and oxygen atoms in total. The minimum absolute atomic E-state index is 0.0705. The molecule has 2 rings (SSSR count). The molecule has 1 saturated heterocycles. The second-order valence-electron chi connectivity index (χ2n) is 2.77. The lowest BCUT2D eigenvalue weighted by Gasteiger charge is -2.13.